The molecule has 0 amide bonds. The largest absolute Gasteiger partial charge is 0.471 e. The van der Waals surface area contributed by atoms with E-state index in [0.29, 0.717) is 11.3 Å². The Morgan fingerprint density at radius 2 is 2.04 bits per heavy atom. The van der Waals surface area contributed by atoms with E-state index in [9.17, 15) is 14.4 Å². The maximum absolute atomic E-state index is 11.9. The van der Waals surface area contributed by atoms with Crippen molar-refractivity contribution in [1.29, 1.82) is 0 Å². The van der Waals surface area contributed by atoms with Crippen LogP contribution in [0, 0.1) is 6.57 Å². The Morgan fingerprint density at radius 3 is 2.50 bits per heavy atom. The van der Waals surface area contributed by atoms with Crippen molar-refractivity contribution in [1.82, 2.24) is 4.98 Å². The number of carbonyl (C=O) groups is 3. The molecule has 1 rings (SSSR count). The molecule has 0 aromatic carbocycles. The minimum atomic E-state index is -0.789. The highest BCUT2D eigenvalue weighted by Crippen LogP contribution is 2.25. The van der Waals surface area contributed by atoms with Crippen LogP contribution in [0.2, 0.25) is 0 Å². The van der Waals surface area contributed by atoms with Crippen LogP contribution in [-0.2, 0) is 31.4 Å². The molecule has 1 aromatic heterocycles. The van der Waals surface area contributed by atoms with Gasteiger partial charge in [0, 0.05) is 17.0 Å². The molecule has 1 N–H and O–H groups in total. The molecular formula is C16H17ClN2O5. The number of alkyl halides is 1. The molecule has 0 radical (unpaired) electrons. The second kappa shape index (κ2) is 8.89. The lowest BCUT2D eigenvalue weighted by atomic mass is 10.0. The summed E-state index contributed by atoms with van der Waals surface area (Å²) in [6.45, 7) is 10.2. The summed E-state index contributed by atoms with van der Waals surface area (Å²) < 4.78 is 9.43. The average Bonchev–Trinajstić information content (AvgIpc) is 2.89. The number of hydrogen-bond acceptors (Lipinski definition) is 5. The molecule has 0 spiro atoms. The first kappa shape index (κ1) is 19.5. The van der Waals surface area contributed by atoms with E-state index < -0.39 is 11.9 Å². The molecule has 0 saturated heterocycles. The molecular weight excluding hydrogens is 336 g/mol. The third kappa shape index (κ3) is 4.46. The zero-order valence-corrected chi connectivity index (χ0v) is 14.3. The highest BCUT2D eigenvalue weighted by atomic mass is 35.5. The van der Waals surface area contributed by atoms with Crippen LogP contribution in [0.15, 0.2) is 5.70 Å². The Morgan fingerprint density at radius 1 is 1.38 bits per heavy atom. The molecule has 0 aliphatic heterocycles. The molecule has 0 bridgehead atoms. The van der Waals surface area contributed by atoms with E-state index in [1.165, 1.54) is 20.1 Å². The molecule has 0 fully saturated rings. The Bertz CT molecular complexity index is 728. The number of ketones is 1. The lowest BCUT2D eigenvalue weighted by molar-refractivity contribution is -0.140. The summed E-state index contributed by atoms with van der Waals surface area (Å²) in [7, 11) is 1.23. The van der Waals surface area contributed by atoms with E-state index in [-0.39, 0.29) is 41.6 Å². The SMILES string of the molecule is [C-]#[N+]C(=Cc1[nH]c(CCl)c(C(C)=O)c1CC(=O)OC)C(=O)OCC. The number of nitrogens with one attached hydrogen (secondary N) is 1. The van der Waals surface area contributed by atoms with Gasteiger partial charge in [-0.25, -0.2) is 4.85 Å². The van der Waals surface area contributed by atoms with Crippen molar-refractivity contribution in [2.45, 2.75) is 26.1 Å². The normalized spacial score (nSPS) is 10.9. The highest BCUT2D eigenvalue weighted by molar-refractivity contribution is 6.17. The Kier molecular flexibility index (Phi) is 7.21. The second-order valence-electron chi connectivity index (χ2n) is 4.68. The van der Waals surface area contributed by atoms with Crippen molar-refractivity contribution in [3.05, 3.63) is 39.6 Å². The number of aromatic amines is 1. The first-order valence-corrected chi connectivity index (χ1v) is 7.56. The van der Waals surface area contributed by atoms with Gasteiger partial charge in [0.1, 0.15) is 0 Å². The molecule has 24 heavy (non-hydrogen) atoms. The maximum atomic E-state index is 11.9. The first-order chi connectivity index (χ1) is 11.4. The number of methoxy groups -OCH3 is 1. The lowest BCUT2D eigenvalue weighted by Gasteiger charge is -2.04. The highest BCUT2D eigenvalue weighted by Gasteiger charge is 2.23. The monoisotopic (exact) mass is 352 g/mol. The van der Waals surface area contributed by atoms with Crippen molar-refractivity contribution < 1.29 is 23.9 Å². The number of rotatable bonds is 7. The number of aromatic nitrogens is 1. The summed E-state index contributed by atoms with van der Waals surface area (Å²) in [5.74, 6) is -1.64. The number of esters is 2. The third-order valence-electron chi connectivity index (χ3n) is 3.13. The van der Waals surface area contributed by atoms with Gasteiger partial charge < -0.3 is 14.5 Å². The zero-order valence-electron chi connectivity index (χ0n) is 13.6. The fourth-order valence-electron chi connectivity index (χ4n) is 2.14. The van der Waals surface area contributed by atoms with E-state index in [4.69, 9.17) is 22.9 Å². The zero-order chi connectivity index (χ0) is 18.3. The van der Waals surface area contributed by atoms with Crippen LogP contribution in [0.4, 0.5) is 0 Å². The average molecular weight is 353 g/mol. The number of carbonyl (C=O) groups excluding carboxylic acids is 3. The van der Waals surface area contributed by atoms with Crippen molar-refractivity contribution in [2.24, 2.45) is 0 Å². The molecule has 0 unspecified atom stereocenters. The van der Waals surface area contributed by atoms with E-state index in [1.54, 1.807) is 6.92 Å². The first-order valence-electron chi connectivity index (χ1n) is 7.03. The minimum absolute atomic E-state index is 0.00365. The van der Waals surface area contributed by atoms with Crippen LogP contribution in [0.3, 0.4) is 0 Å². The van der Waals surface area contributed by atoms with Gasteiger partial charge in [-0.3, -0.25) is 14.4 Å². The topological polar surface area (TPSA) is 89.8 Å². The smallest absolute Gasteiger partial charge is 0.336 e. The third-order valence-corrected chi connectivity index (χ3v) is 3.40. The fraction of sp³-hybridized carbons (Fsp3) is 0.375. The van der Waals surface area contributed by atoms with E-state index in [0.717, 1.165) is 0 Å². The van der Waals surface area contributed by atoms with Gasteiger partial charge in [-0.15, -0.1) is 11.6 Å². The number of Topliss-reactive ketones (excluding diaryl/α,β-unsaturated/α-hetero) is 1. The molecule has 128 valence electrons. The molecule has 0 aliphatic carbocycles. The van der Waals surface area contributed by atoms with Gasteiger partial charge in [0.05, 0.1) is 32.6 Å². The van der Waals surface area contributed by atoms with Crippen LogP contribution < -0.4 is 0 Å². The van der Waals surface area contributed by atoms with Gasteiger partial charge in [0.25, 0.3) is 5.70 Å². The van der Waals surface area contributed by atoms with Crippen LogP contribution >= 0.6 is 11.6 Å². The van der Waals surface area contributed by atoms with Gasteiger partial charge in [-0.1, -0.05) is 0 Å². The van der Waals surface area contributed by atoms with Gasteiger partial charge in [-0.05, 0) is 25.5 Å². The van der Waals surface area contributed by atoms with E-state index in [1.807, 2.05) is 0 Å². The molecule has 0 aliphatic rings. The summed E-state index contributed by atoms with van der Waals surface area (Å²) in [5.41, 5.74) is 0.994. The van der Waals surface area contributed by atoms with Crippen LogP contribution in [0.25, 0.3) is 10.9 Å². The quantitative estimate of drug-likeness (QED) is 0.268. The molecule has 8 heteroatoms. The molecule has 0 saturated carbocycles. The fourth-order valence-corrected chi connectivity index (χ4v) is 2.34. The predicted molar refractivity (Wildman–Crippen MR) is 87.3 cm³/mol. The number of nitrogens with zero attached hydrogens (tertiary/aromatic N) is 1. The molecule has 7 nitrogen and oxygen atoms in total. The number of H-pyrrole nitrogens is 1. The van der Waals surface area contributed by atoms with E-state index in [2.05, 4.69) is 14.6 Å². The predicted octanol–water partition coefficient (Wildman–Crippen LogP) is 2.49. The molecule has 1 heterocycles. The lowest BCUT2D eigenvalue weighted by Crippen LogP contribution is -2.09. The van der Waals surface area contributed by atoms with Crippen molar-refractivity contribution in [2.75, 3.05) is 13.7 Å². The van der Waals surface area contributed by atoms with Crippen molar-refractivity contribution in [3.8, 4) is 0 Å². The van der Waals surface area contributed by atoms with Gasteiger partial charge in [0.15, 0.2) is 5.78 Å². The van der Waals surface area contributed by atoms with Gasteiger partial charge in [-0.2, -0.15) is 0 Å². The summed E-state index contributed by atoms with van der Waals surface area (Å²) >= 11 is 5.84. The summed E-state index contributed by atoms with van der Waals surface area (Å²) in [5, 5.41) is 0. The summed E-state index contributed by atoms with van der Waals surface area (Å²) in [4.78, 5) is 41.3. The molecule has 1 aromatic rings. The second-order valence-corrected chi connectivity index (χ2v) is 4.94. The minimum Gasteiger partial charge on any atom is -0.471 e. The summed E-state index contributed by atoms with van der Waals surface area (Å²) in [6.07, 6.45) is 1.05. The Labute approximate surface area is 144 Å². The Hall–Kier alpha value is -2.59. The number of halogens is 1. The maximum Gasteiger partial charge on any atom is 0.336 e. The van der Waals surface area contributed by atoms with Crippen molar-refractivity contribution in [3.63, 3.8) is 0 Å². The molecule has 0 atom stereocenters. The van der Waals surface area contributed by atoms with E-state index >= 15 is 0 Å². The van der Waals surface area contributed by atoms with Crippen LogP contribution in [-0.4, -0.2) is 36.4 Å². The standard InChI is InChI=1S/C16H17ClN2O5/c1-5-24-16(22)12(18-3)7-11-10(6-14(21)23-4)15(9(2)20)13(8-17)19-11/h7,19H,5-6,8H2,1-2,4H3. The number of ether oxygens (including phenoxy) is 2. The van der Waals surface area contributed by atoms with Crippen molar-refractivity contribution >= 4 is 35.4 Å². The van der Waals surface area contributed by atoms with Crippen LogP contribution in [0.1, 0.15) is 41.2 Å². The van der Waals surface area contributed by atoms with Gasteiger partial charge >= 0.3 is 11.9 Å². The summed E-state index contributed by atoms with van der Waals surface area (Å²) in [6, 6.07) is 0. The van der Waals surface area contributed by atoms with Crippen LogP contribution in [0.5, 0.6) is 0 Å². The van der Waals surface area contributed by atoms with Gasteiger partial charge in [0.2, 0.25) is 0 Å². The number of hydrogen-bond donors (Lipinski definition) is 1. The Balaban J connectivity index is 3.51.